The van der Waals surface area contributed by atoms with Crippen LogP contribution in [0.4, 0.5) is 10.1 Å². The second kappa shape index (κ2) is 7.84. The minimum Gasteiger partial charge on any atom is -0.312 e. The predicted molar refractivity (Wildman–Crippen MR) is 116 cm³/mol. The molecule has 1 spiro atoms. The molecule has 2 saturated heterocycles. The monoisotopic (exact) mass is 412 g/mol. The highest BCUT2D eigenvalue weighted by molar-refractivity contribution is 7.10. The van der Waals surface area contributed by atoms with Crippen molar-refractivity contribution in [3.8, 4) is 0 Å². The summed E-state index contributed by atoms with van der Waals surface area (Å²) in [6.07, 6.45) is 8.00. The van der Waals surface area contributed by atoms with Crippen molar-refractivity contribution < 1.29 is 9.18 Å². The number of fused-ring (bicyclic) bond motifs is 1. The lowest BCUT2D eigenvalue weighted by molar-refractivity contribution is -0.128. The van der Waals surface area contributed by atoms with Crippen molar-refractivity contribution in [2.24, 2.45) is 5.41 Å². The third-order valence-corrected chi connectivity index (χ3v) is 8.43. The summed E-state index contributed by atoms with van der Waals surface area (Å²) in [5.74, 6) is 0.720. The first-order chi connectivity index (χ1) is 14.1. The van der Waals surface area contributed by atoms with E-state index >= 15 is 0 Å². The van der Waals surface area contributed by atoms with Crippen molar-refractivity contribution in [2.45, 2.75) is 50.9 Å². The van der Waals surface area contributed by atoms with Crippen LogP contribution in [-0.4, -0.2) is 37.0 Å². The number of amides is 1. The maximum Gasteiger partial charge on any atom is 0.233 e. The molecule has 0 bridgehead atoms. The molecule has 2 aromatic rings. The Kier molecular flexibility index (Phi) is 5.21. The van der Waals surface area contributed by atoms with Crippen LogP contribution in [0, 0.1) is 11.2 Å². The van der Waals surface area contributed by atoms with E-state index in [1.54, 1.807) is 22.6 Å². The van der Waals surface area contributed by atoms with Gasteiger partial charge in [0, 0.05) is 17.1 Å². The summed E-state index contributed by atoms with van der Waals surface area (Å²) in [7, 11) is 0. The Morgan fingerprint density at radius 2 is 1.83 bits per heavy atom. The fourth-order valence-corrected chi connectivity index (χ4v) is 6.59. The number of carbonyl (C=O) groups excluding carboxylic acids is 1. The van der Waals surface area contributed by atoms with Gasteiger partial charge < -0.3 is 9.80 Å². The predicted octanol–water partition coefficient (Wildman–Crippen LogP) is 5.22. The first-order valence-corrected chi connectivity index (χ1v) is 11.9. The molecule has 3 nitrogen and oxygen atoms in total. The van der Waals surface area contributed by atoms with Gasteiger partial charge in [-0.2, -0.15) is 0 Å². The van der Waals surface area contributed by atoms with Crippen LogP contribution in [-0.2, 0) is 11.2 Å². The summed E-state index contributed by atoms with van der Waals surface area (Å²) in [6, 6.07) is 8.69. The van der Waals surface area contributed by atoms with Gasteiger partial charge in [0.15, 0.2) is 0 Å². The van der Waals surface area contributed by atoms with Crippen LogP contribution in [0.2, 0.25) is 0 Å². The lowest BCUT2D eigenvalue weighted by atomic mass is 9.77. The highest BCUT2D eigenvalue weighted by Gasteiger charge is 2.48. The van der Waals surface area contributed by atoms with Crippen molar-refractivity contribution in [3.63, 3.8) is 0 Å². The van der Waals surface area contributed by atoms with E-state index in [2.05, 4.69) is 16.3 Å². The van der Waals surface area contributed by atoms with Gasteiger partial charge >= 0.3 is 0 Å². The van der Waals surface area contributed by atoms with E-state index in [0.29, 0.717) is 0 Å². The van der Waals surface area contributed by atoms with E-state index in [1.165, 1.54) is 37.8 Å². The van der Waals surface area contributed by atoms with Gasteiger partial charge in [0.05, 0.1) is 5.41 Å². The number of aryl methyl sites for hydroxylation is 1. The average molecular weight is 413 g/mol. The minimum atomic E-state index is -0.254. The molecule has 1 aliphatic carbocycles. The van der Waals surface area contributed by atoms with Crippen LogP contribution in [0.25, 0.3) is 0 Å². The van der Waals surface area contributed by atoms with Crippen molar-refractivity contribution in [2.75, 3.05) is 31.1 Å². The number of nitrogens with zero attached hydrogens (tertiary/aromatic N) is 2. The van der Waals surface area contributed by atoms with Crippen LogP contribution in [0.15, 0.2) is 35.7 Å². The molecule has 0 saturated carbocycles. The van der Waals surface area contributed by atoms with E-state index in [4.69, 9.17) is 0 Å². The Labute approximate surface area is 176 Å². The van der Waals surface area contributed by atoms with E-state index in [9.17, 15) is 9.18 Å². The normalized spacial score (nSPS) is 24.2. The fourth-order valence-electron chi connectivity index (χ4n) is 5.58. The van der Waals surface area contributed by atoms with Crippen molar-refractivity contribution in [1.82, 2.24) is 4.90 Å². The number of hydrogen-bond donors (Lipinski definition) is 0. The topological polar surface area (TPSA) is 23.6 Å². The van der Waals surface area contributed by atoms with Gasteiger partial charge in [-0.1, -0.05) is 0 Å². The van der Waals surface area contributed by atoms with Crippen molar-refractivity contribution in [3.05, 3.63) is 52.0 Å². The Morgan fingerprint density at radius 1 is 1.07 bits per heavy atom. The molecule has 1 aromatic carbocycles. The fraction of sp³-hybridized carbons (Fsp3) is 0.542. The maximum absolute atomic E-state index is 13.2. The number of likely N-dealkylation sites (tertiary alicyclic amines) is 1. The first kappa shape index (κ1) is 19.3. The third-order valence-electron chi connectivity index (χ3n) is 7.43. The highest BCUT2D eigenvalue weighted by Crippen LogP contribution is 2.43. The van der Waals surface area contributed by atoms with Crippen LogP contribution in [0.1, 0.15) is 54.9 Å². The molecule has 2 fully saturated rings. The standard InChI is InChI=1S/C24H29FN2OS/c25-19-4-6-20(7-5-19)27-16-12-24(23(27)28)10-14-26(15-11-24)13-8-18-2-1-3-22-21(18)9-17-29-22/h4-7,9,17-18H,1-3,8,10-16H2. The van der Waals surface area contributed by atoms with Gasteiger partial charge in [-0.15, -0.1) is 11.3 Å². The Morgan fingerprint density at radius 3 is 2.62 bits per heavy atom. The summed E-state index contributed by atoms with van der Waals surface area (Å²) in [4.78, 5) is 19.2. The van der Waals surface area contributed by atoms with Gasteiger partial charge in [-0.3, -0.25) is 4.79 Å². The molecule has 0 N–H and O–H groups in total. The molecule has 3 heterocycles. The lowest BCUT2D eigenvalue weighted by Crippen LogP contribution is -2.45. The minimum absolute atomic E-state index is 0.198. The maximum atomic E-state index is 13.2. The number of anilines is 1. The van der Waals surface area contributed by atoms with E-state index in [0.717, 1.165) is 57.0 Å². The molecule has 1 unspecified atom stereocenters. The molecule has 29 heavy (non-hydrogen) atoms. The number of halogens is 1. The Hall–Kier alpha value is -1.72. The Balaban J connectivity index is 1.17. The van der Waals surface area contributed by atoms with E-state index in [-0.39, 0.29) is 17.1 Å². The van der Waals surface area contributed by atoms with Gasteiger partial charge in [0.25, 0.3) is 0 Å². The smallest absolute Gasteiger partial charge is 0.233 e. The summed E-state index contributed by atoms with van der Waals surface area (Å²) >= 11 is 1.93. The zero-order chi connectivity index (χ0) is 19.8. The number of carbonyl (C=O) groups is 1. The zero-order valence-electron chi connectivity index (χ0n) is 16.9. The summed E-state index contributed by atoms with van der Waals surface area (Å²) in [6.45, 7) is 3.94. The molecule has 3 aliphatic rings. The molecular formula is C24H29FN2OS. The van der Waals surface area contributed by atoms with Gasteiger partial charge in [-0.25, -0.2) is 4.39 Å². The number of piperidine rings is 1. The van der Waals surface area contributed by atoms with Crippen molar-refractivity contribution in [1.29, 1.82) is 0 Å². The summed E-state index contributed by atoms with van der Waals surface area (Å²) in [5, 5.41) is 2.26. The number of rotatable bonds is 4. The Bertz CT molecular complexity index is 869. The molecular weight excluding hydrogens is 383 g/mol. The summed E-state index contributed by atoms with van der Waals surface area (Å²) < 4.78 is 13.2. The van der Waals surface area contributed by atoms with Gasteiger partial charge in [0.2, 0.25) is 5.91 Å². The molecule has 1 amide bonds. The second-order valence-corrected chi connectivity index (χ2v) is 9.98. The highest BCUT2D eigenvalue weighted by atomic mass is 32.1. The number of hydrogen-bond acceptors (Lipinski definition) is 3. The molecule has 5 rings (SSSR count). The SMILES string of the molecule is O=C1N(c2ccc(F)cc2)CCC12CCN(CCC1CCCc3sccc31)CC2. The number of benzene rings is 1. The van der Waals surface area contributed by atoms with Gasteiger partial charge in [0.1, 0.15) is 5.82 Å². The van der Waals surface area contributed by atoms with Crippen LogP contribution >= 0.6 is 11.3 Å². The molecule has 1 aromatic heterocycles. The third kappa shape index (κ3) is 3.64. The van der Waals surface area contributed by atoms with Gasteiger partial charge in [-0.05, 0) is 112 Å². The van der Waals surface area contributed by atoms with Crippen LogP contribution in [0.3, 0.4) is 0 Å². The van der Waals surface area contributed by atoms with Crippen molar-refractivity contribution >= 4 is 22.9 Å². The van der Waals surface area contributed by atoms with Crippen LogP contribution < -0.4 is 4.90 Å². The molecule has 1 atom stereocenters. The molecule has 154 valence electrons. The van der Waals surface area contributed by atoms with E-state index < -0.39 is 0 Å². The molecule has 2 aliphatic heterocycles. The average Bonchev–Trinajstić information content (AvgIpc) is 3.35. The molecule has 5 heteroatoms. The molecule has 0 radical (unpaired) electrons. The second-order valence-electron chi connectivity index (χ2n) is 8.98. The zero-order valence-corrected chi connectivity index (χ0v) is 17.7. The first-order valence-electron chi connectivity index (χ1n) is 11.0. The quantitative estimate of drug-likeness (QED) is 0.688. The largest absolute Gasteiger partial charge is 0.312 e. The van der Waals surface area contributed by atoms with E-state index in [1.807, 2.05) is 16.2 Å². The summed E-state index contributed by atoms with van der Waals surface area (Å²) in [5.41, 5.74) is 2.24. The lowest BCUT2D eigenvalue weighted by Gasteiger charge is -2.38. The number of thiophene rings is 1. The van der Waals surface area contributed by atoms with Crippen LogP contribution in [0.5, 0.6) is 0 Å².